The summed E-state index contributed by atoms with van der Waals surface area (Å²) in [6.45, 7) is 5.77. The number of carbonyl (C=O) groups is 1. The molecular weight excluding hydrogens is 206 g/mol. The Hall–Kier alpha value is -0.610. The quantitative estimate of drug-likeness (QED) is 0.693. The summed E-state index contributed by atoms with van der Waals surface area (Å²) < 4.78 is 4.99. The Morgan fingerprint density at radius 2 is 2.06 bits per heavy atom. The Labute approximate surface area is 97.4 Å². The van der Waals surface area contributed by atoms with Crippen LogP contribution >= 0.6 is 0 Å². The summed E-state index contributed by atoms with van der Waals surface area (Å²) in [6, 6.07) is 0. The SMILES string of the molecule is CCNCC1(O)CCC(C(=O)OCC)CC1. The van der Waals surface area contributed by atoms with Crippen molar-refractivity contribution < 1.29 is 14.6 Å². The second-order valence-electron chi connectivity index (χ2n) is 4.53. The van der Waals surface area contributed by atoms with Gasteiger partial charge in [-0.05, 0) is 39.2 Å². The fraction of sp³-hybridized carbons (Fsp3) is 0.917. The third kappa shape index (κ3) is 3.76. The van der Waals surface area contributed by atoms with Crippen LogP contribution in [0.5, 0.6) is 0 Å². The molecule has 94 valence electrons. The van der Waals surface area contributed by atoms with Gasteiger partial charge >= 0.3 is 5.97 Å². The molecule has 0 radical (unpaired) electrons. The van der Waals surface area contributed by atoms with Gasteiger partial charge in [-0.3, -0.25) is 4.79 Å². The molecule has 2 N–H and O–H groups in total. The number of ether oxygens (including phenoxy) is 1. The molecule has 4 heteroatoms. The zero-order valence-corrected chi connectivity index (χ0v) is 10.3. The second kappa shape index (κ2) is 6.21. The molecular formula is C12H23NO3. The van der Waals surface area contributed by atoms with Crippen LogP contribution in [0.1, 0.15) is 39.5 Å². The normalized spacial score (nSPS) is 30.1. The number of nitrogens with one attached hydrogen (secondary N) is 1. The molecule has 4 nitrogen and oxygen atoms in total. The van der Waals surface area contributed by atoms with E-state index in [4.69, 9.17) is 4.74 Å². The third-order valence-electron chi connectivity index (χ3n) is 3.24. The lowest BCUT2D eigenvalue weighted by atomic mass is 9.79. The van der Waals surface area contributed by atoms with Crippen molar-refractivity contribution in [3.8, 4) is 0 Å². The van der Waals surface area contributed by atoms with E-state index in [-0.39, 0.29) is 11.9 Å². The van der Waals surface area contributed by atoms with E-state index in [9.17, 15) is 9.90 Å². The van der Waals surface area contributed by atoms with Gasteiger partial charge in [0.15, 0.2) is 0 Å². The molecule has 1 saturated carbocycles. The minimum absolute atomic E-state index is 0.0122. The second-order valence-corrected chi connectivity index (χ2v) is 4.53. The number of hydrogen-bond donors (Lipinski definition) is 2. The minimum Gasteiger partial charge on any atom is -0.466 e. The summed E-state index contributed by atoms with van der Waals surface area (Å²) in [7, 11) is 0. The van der Waals surface area contributed by atoms with Gasteiger partial charge in [-0.15, -0.1) is 0 Å². The number of hydrogen-bond acceptors (Lipinski definition) is 4. The van der Waals surface area contributed by atoms with Crippen LogP contribution < -0.4 is 5.32 Å². The number of likely N-dealkylation sites (N-methyl/N-ethyl adjacent to an activating group) is 1. The lowest BCUT2D eigenvalue weighted by Crippen LogP contribution is -2.44. The van der Waals surface area contributed by atoms with Crippen LogP contribution in [0.4, 0.5) is 0 Å². The van der Waals surface area contributed by atoms with Crippen LogP contribution in [0, 0.1) is 5.92 Å². The highest BCUT2D eigenvalue weighted by molar-refractivity contribution is 5.72. The molecule has 0 unspecified atom stereocenters. The molecule has 16 heavy (non-hydrogen) atoms. The number of aliphatic hydroxyl groups is 1. The molecule has 0 aromatic heterocycles. The summed E-state index contributed by atoms with van der Waals surface area (Å²) in [5.41, 5.74) is -0.626. The first kappa shape index (κ1) is 13.5. The number of esters is 1. The van der Waals surface area contributed by atoms with E-state index >= 15 is 0 Å². The molecule has 0 amide bonds. The molecule has 1 aliphatic carbocycles. The zero-order valence-electron chi connectivity index (χ0n) is 10.3. The van der Waals surface area contributed by atoms with Crippen molar-refractivity contribution in [1.82, 2.24) is 5.32 Å². The smallest absolute Gasteiger partial charge is 0.308 e. The van der Waals surface area contributed by atoms with E-state index in [0.717, 1.165) is 19.4 Å². The first-order valence-corrected chi connectivity index (χ1v) is 6.21. The first-order chi connectivity index (χ1) is 7.61. The van der Waals surface area contributed by atoms with Crippen LogP contribution in [0.15, 0.2) is 0 Å². The predicted octanol–water partition coefficient (Wildman–Crippen LogP) is 1.08. The van der Waals surface area contributed by atoms with Gasteiger partial charge in [0.2, 0.25) is 0 Å². The molecule has 1 fully saturated rings. The van der Waals surface area contributed by atoms with Gasteiger partial charge in [-0.1, -0.05) is 6.92 Å². The van der Waals surface area contributed by atoms with Crippen molar-refractivity contribution >= 4 is 5.97 Å². The molecule has 1 aliphatic rings. The molecule has 0 aliphatic heterocycles. The Bertz CT molecular complexity index is 222. The monoisotopic (exact) mass is 229 g/mol. The van der Waals surface area contributed by atoms with E-state index in [1.807, 2.05) is 13.8 Å². The van der Waals surface area contributed by atoms with E-state index in [0.29, 0.717) is 26.0 Å². The van der Waals surface area contributed by atoms with Crippen molar-refractivity contribution in [3.63, 3.8) is 0 Å². The molecule has 1 rings (SSSR count). The van der Waals surface area contributed by atoms with Crippen molar-refractivity contribution in [3.05, 3.63) is 0 Å². The standard InChI is InChI=1S/C12H23NO3/c1-3-13-9-12(15)7-5-10(6-8-12)11(14)16-4-2/h10,13,15H,3-9H2,1-2H3. The maximum absolute atomic E-state index is 11.5. The van der Waals surface area contributed by atoms with E-state index < -0.39 is 5.60 Å². The maximum atomic E-state index is 11.5. The van der Waals surface area contributed by atoms with Crippen molar-refractivity contribution in [2.75, 3.05) is 19.7 Å². The topological polar surface area (TPSA) is 58.6 Å². The Balaban J connectivity index is 2.35. The molecule has 0 aromatic carbocycles. The molecule has 0 heterocycles. The number of carbonyl (C=O) groups excluding carboxylic acids is 1. The fourth-order valence-corrected chi connectivity index (χ4v) is 2.19. The molecule has 0 spiro atoms. The van der Waals surface area contributed by atoms with Gasteiger partial charge < -0.3 is 15.2 Å². The lowest BCUT2D eigenvalue weighted by molar-refractivity contribution is -0.151. The average molecular weight is 229 g/mol. The number of rotatable bonds is 5. The summed E-state index contributed by atoms with van der Waals surface area (Å²) in [6.07, 6.45) is 2.84. The Kier molecular flexibility index (Phi) is 5.22. The van der Waals surface area contributed by atoms with Crippen LogP contribution in [0.2, 0.25) is 0 Å². The van der Waals surface area contributed by atoms with E-state index in [1.165, 1.54) is 0 Å². The summed E-state index contributed by atoms with van der Waals surface area (Å²) >= 11 is 0. The van der Waals surface area contributed by atoms with Crippen molar-refractivity contribution in [2.24, 2.45) is 5.92 Å². The van der Waals surface area contributed by atoms with Gasteiger partial charge in [0.1, 0.15) is 0 Å². The fourth-order valence-electron chi connectivity index (χ4n) is 2.19. The van der Waals surface area contributed by atoms with E-state index in [2.05, 4.69) is 5.32 Å². The predicted molar refractivity (Wildman–Crippen MR) is 62.1 cm³/mol. The maximum Gasteiger partial charge on any atom is 0.308 e. The highest BCUT2D eigenvalue weighted by Gasteiger charge is 2.35. The van der Waals surface area contributed by atoms with Gasteiger partial charge in [-0.2, -0.15) is 0 Å². The average Bonchev–Trinajstić information content (AvgIpc) is 2.28. The molecule has 0 bridgehead atoms. The minimum atomic E-state index is -0.626. The Morgan fingerprint density at radius 3 is 2.56 bits per heavy atom. The highest BCUT2D eigenvalue weighted by Crippen LogP contribution is 2.32. The molecule has 0 saturated heterocycles. The van der Waals surface area contributed by atoms with Gasteiger partial charge in [-0.25, -0.2) is 0 Å². The summed E-state index contributed by atoms with van der Waals surface area (Å²) in [4.78, 5) is 11.5. The van der Waals surface area contributed by atoms with Crippen LogP contribution in [0.3, 0.4) is 0 Å². The van der Waals surface area contributed by atoms with Crippen LogP contribution in [-0.2, 0) is 9.53 Å². The highest BCUT2D eigenvalue weighted by atomic mass is 16.5. The van der Waals surface area contributed by atoms with Crippen LogP contribution in [0.25, 0.3) is 0 Å². The van der Waals surface area contributed by atoms with Crippen molar-refractivity contribution in [2.45, 2.75) is 45.1 Å². The third-order valence-corrected chi connectivity index (χ3v) is 3.24. The lowest BCUT2D eigenvalue weighted by Gasteiger charge is -2.35. The largest absolute Gasteiger partial charge is 0.466 e. The van der Waals surface area contributed by atoms with Gasteiger partial charge in [0.25, 0.3) is 0 Å². The molecule has 0 aromatic rings. The zero-order chi connectivity index (χ0) is 12.0. The molecule has 0 atom stereocenters. The first-order valence-electron chi connectivity index (χ1n) is 6.21. The van der Waals surface area contributed by atoms with Gasteiger partial charge in [0, 0.05) is 6.54 Å². The Morgan fingerprint density at radius 1 is 1.44 bits per heavy atom. The van der Waals surface area contributed by atoms with E-state index in [1.54, 1.807) is 0 Å². The van der Waals surface area contributed by atoms with Crippen LogP contribution in [-0.4, -0.2) is 36.4 Å². The summed E-state index contributed by atoms with van der Waals surface area (Å²) in [5.74, 6) is -0.116. The summed E-state index contributed by atoms with van der Waals surface area (Å²) in [5, 5.41) is 13.4. The van der Waals surface area contributed by atoms with Crippen molar-refractivity contribution in [1.29, 1.82) is 0 Å². The van der Waals surface area contributed by atoms with Gasteiger partial charge in [0.05, 0.1) is 18.1 Å².